The lowest BCUT2D eigenvalue weighted by Crippen LogP contribution is -2.62. The molecule has 1 unspecified atom stereocenters. The molecule has 0 bridgehead atoms. The van der Waals surface area contributed by atoms with Crippen LogP contribution in [0.15, 0.2) is 24.5 Å². The number of nitrogens with zero attached hydrogens (tertiary/aromatic N) is 6. The molecule has 0 radical (unpaired) electrons. The van der Waals surface area contributed by atoms with Gasteiger partial charge in [0.15, 0.2) is 5.82 Å². The molecule has 12 heteroatoms. The summed E-state index contributed by atoms with van der Waals surface area (Å²) in [6.07, 6.45) is 1.88. The third-order valence-corrected chi connectivity index (χ3v) is 8.38. The van der Waals surface area contributed by atoms with Crippen molar-refractivity contribution in [1.82, 2.24) is 30.3 Å². The second kappa shape index (κ2) is 14.0. The minimum Gasteiger partial charge on any atom is -0.434 e. The third kappa shape index (κ3) is 7.50. The molecule has 4 rings (SSSR count). The highest BCUT2D eigenvalue weighted by Gasteiger charge is 2.50. The first-order chi connectivity index (χ1) is 20.0. The minimum atomic E-state index is -2.32. The van der Waals surface area contributed by atoms with Crippen LogP contribution < -0.4 is 15.0 Å². The predicted molar refractivity (Wildman–Crippen MR) is 156 cm³/mol. The van der Waals surface area contributed by atoms with Gasteiger partial charge in [0.25, 0.3) is 18.2 Å². The summed E-state index contributed by atoms with van der Waals surface area (Å²) in [6, 6.07) is 4.24. The topological polar surface area (TPSA) is 86.7 Å². The number of hydrogen-bond acceptors (Lipinski definition) is 8. The molecule has 0 saturated carbocycles. The van der Waals surface area contributed by atoms with Gasteiger partial charge in [-0.3, -0.25) is 9.69 Å². The number of anilines is 1. The predicted octanol–water partition coefficient (Wildman–Crippen LogP) is 4.85. The smallest absolute Gasteiger partial charge is 0.282 e. The van der Waals surface area contributed by atoms with Crippen LogP contribution in [0.5, 0.6) is 11.6 Å². The molecule has 9 nitrogen and oxygen atoms in total. The van der Waals surface area contributed by atoms with Crippen LogP contribution in [0.2, 0.25) is 0 Å². The Kier molecular flexibility index (Phi) is 10.6. The Balaban J connectivity index is 1.42. The highest BCUT2D eigenvalue weighted by molar-refractivity contribution is 5.97. The maximum Gasteiger partial charge on any atom is 0.282 e. The number of nitrogens with one attached hydrogen (secondary N) is 1. The monoisotopic (exact) mass is 591 g/mol. The van der Waals surface area contributed by atoms with Crippen LogP contribution in [0.3, 0.4) is 0 Å². The van der Waals surface area contributed by atoms with Crippen molar-refractivity contribution in [3.8, 4) is 11.6 Å². The molecule has 1 N–H and O–H groups in total. The van der Waals surface area contributed by atoms with Gasteiger partial charge < -0.3 is 19.9 Å². The first-order valence-corrected chi connectivity index (χ1v) is 15.0. The summed E-state index contributed by atoms with van der Waals surface area (Å²) in [6.45, 7) is 14.4. The van der Waals surface area contributed by atoms with Crippen LogP contribution in [0.25, 0.3) is 0 Å². The van der Waals surface area contributed by atoms with Gasteiger partial charge in [0.05, 0.1) is 12.1 Å². The van der Waals surface area contributed by atoms with E-state index in [2.05, 4.69) is 44.1 Å². The lowest BCUT2D eigenvalue weighted by molar-refractivity contribution is -0.0339. The molecule has 2 fully saturated rings. The molecule has 232 valence electrons. The van der Waals surface area contributed by atoms with Crippen molar-refractivity contribution in [2.45, 2.75) is 72.4 Å². The Morgan fingerprint density at radius 1 is 1.19 bits per heavy atom. The first-order valence-electron chi connectivity index (χ1n) is 15.0. The van der Waals surface area contributed by atoms with Crippen LogP contribution in [0, 0.1) is 17.2 Å². The van der Waals surface area contributed by atoms with E-state index in [4.69, 9.17) is 4.74 Å². The maximum absolute atomic E-state index is 14.2. The van der Waals surface area contributed by atoms with Crippen molar-refractivity contribution < 1.29 is 22.7 Å². The molecule has 2 aliphatic heterocycles. The highest BCUT2D eigenvalue weighted by atomic mass is 19.3. The Morgan fingerprint density at radius 3 is 2.62 bits per heavy atom. The van der Waals surface area contributed by atoms with E-state index in [0.29, 0.717) is 30.9 Å². The standard InChI is InChI=1S/C30H44F3N7O2/c1-6-40(21(4)5)29(41)23-14-22(31)9-10-25(23)42-28-27(35-19-36-37-28)38-13-11-30(16-38)17-39(18-30)24(20(2)3)8-7-12-34-15-26(32)33/h9-10,14,19-21,24,26,34H,6-8,11-13,15-18H2,1-5H3. The number of rotatable bonds is 14. The second-order valence-electron chi connectivity index (χ2n) is 12.1. The molecule has 3 heterocycles. The van der Waals surface area contributed by atoms with Crippen molar-refractivity contribution in [2.24, 2.45) is 11.3 Å². The fourth-order valence-corrected chi connectivity index (χ4v) is 6.31. The van der Waals surface area contributed by atoms with Crippen molar-refractivity contribution in [2.75, 3.05) is 50.7 Å². The number of ether oxygens (including phenoxy) is 1. The van der Waals surface area contributed by atoms with E-state index in [1.807, 2.05) is 20.8 Å². The van der Waals surface area contributed by atoms with Gasteiger partial charge >= 0.3 is 0 Å². The van der Waals surface area contributed by atoms with E-state index >= 15 is 0 Å². The van der Waals surface area contributed by atoms with Crippen molar-refractivity contribution in [3.05, 3.63) is 35.9 Å². The second-order valence-corrected chi connectivity index (χ2v) is 12.1. The molecule has 1 aromatic carbocycles. The zero-order chi connectivity index (χ0) is 30.4. The van der Waals surface area contributed by atoms with E-state index in [0.717, 1.165) is 45.4 Å². The summed E-state index contributed by atoms with van der Waals surface area (Å²) < 4.78 is 45.2. The van der Waals surface area contributed by atoms with Gasteiger partial charge in [-0.05, 0) is 70.7 Å². The SMILES string of the molecule is CCN(C(=O)c1cc(F)ccc1Oc1nncnc1N1CCC2(C1)CN(C(CCCNCC(F)F)C(C)C)C2)C(C)C. The Bertz CT molecular complexity index is 1190. The van der Waals surface area contributed by atoms with Gasteiger partial charge in [-0.25, -0.2) is 18.2 Å². The zero-order valence-corrected chi connectivity index (χ0v) is 25.3. The lowest BCUT2D eigenvalue weighted by atomic mass is 9.76. The van der Waals surface area contributed by atoms with E-state index in [9.17, 15) is 18.0 Å². The summed E-state index contributed by atoms with van der Waals surface area (Å²) in [5.74, 6) is 0.548. The summed E-state index contributed by atoms with van der Waals surface area (Å²) >= 11 is 0. The quantitative estimate of drug-likeness (QED) is 0.312. The van der Waals surface area contributed by atoms with Gasteiger partial charge in [-0.1, -0.05) is 13.8 Å². The molecule has 1 spiro atoms. The van der Waals surface area contributed by atoms with Gasteiger partial charge in [-0.15, -0.1) is 10.2 Å². The number of carbonyl (C=O) groups excluding carboxylic acids is 1. The normalized spacial score (nSPS) is 17.4. The zero-order valence-electron chi connectivity index (χ0n) is 25.3. The number of alkyl halides is 2. The molecule has 2 aliphatic rings. The molecule has 1 amide bonds. The van der Waals surface area contributed by atoms with Gasteiger partial charge in [0.1, 0.15) is 17.9 Å². The Morgan fingerprint density at radius 2 is 1.95 bits per heavy atom. The number of likely N-dealkylation sites (tertiary alicyclic amines) is 1. The highest BCUT2D eigenvalue weighted by Crippen LogP contribution is 2.44. The molecular formula is C30H44F3N7O2. The van der Waals surface area contributed by atoms with E-state index in [-0.39, 0.29) is 41.1 Å². The Hall–Kier alpha value is -2.99. The van der Waals surface area contributed by atoms with Crippen LogP contribution >= 0.6 is 0 Å². The van der Waals surface area contributed by atoms with Crippen molar-refractivity contribution in [3.63, 3.8) is 0 Å². The fourth-order valence-electron chi connectivity index (χ4n) is 6.31. The molecule has 1 atom stereocenters. The molecule has 1 aromatic heterocycles. The molecule has 42 heavy (non-hydrogen) atoms. The van der Waals surface area contributed by atoms with E-state index < -0.39 is 12.2 Å². The Labute approximate surface area is 246 Å². The largest absolute Gasteiger partial charge is 0.434 e. The number of halogens is 3. The van der Waals surface area contributed by atoms with Crippen molar-refractivity contribution in [1.29, 1.82) is 0 Å². The average molecular weight is 592 g/mol. The molecular weight excluding hydrogens is 547 g/mol. The molecule has 0 aliphatic carbocycles. The average Bonchev–Trinajstić information content (AvgIpc) is 3.37. The maximum atomic E-state index is 14.2. The third-order valence-electron chi connectivity index (χ3n) is 8.38. The summed E-state index contributed by atoms with van der Waals surface area (Å²) in [5.41, 5.74) is 0.248. The van der Waals surface area contributed by atoms with Crippen molar-refractivity contribution >= 4 is 11.7 Å². The van der Waals surface area contributed by atoms with E-state index in [1.165, 1.54) is 24.5 Å². The number of benzene rings is 1. The number of aromatic nitrogens is 3. The van der Waals surface area contributed by atoms with Crippen LogP contribution in [0.4, 0.5) is 19.0 Å². The lowest BCUT2D eigenvalue weighted by Gasteiger charge is -2.53. The minimum absolute atomic E-state index is 0.0624. The molecule has 2 aromatic rings. The summed E-state index contributed by atoms with van der Waals surface area (Å²) in [4.78, 5) is 24.1. The fraction of sp³-hybridized carbons (Fsp3) is 0.667. The molecule has 2 saturated heterocycles. The summed E-state index contributed by atoms with van der Waals surface area (Å²) in [7, 11) is 0. The van der Waals surface area contributed by atoms with E-state index in [1.54, 1.807) is 4.90 Å². The number of amides is 1. The van der Waals surface area contributed by atoms with Crippen LogP contribution in [-0.2, 0) is 0 Å². The van der Waals surface area contributed by atoms with Gasteiger partial charge in [0, 0.05) is 50.2 Å². The van der Waals surface area contributed by atoms with Gasteiger partial charge in [0.2, 0.25) is 0 Å². The number of hydrogen-bond donors (Lipinski definition) is 1. The van der Waals surface area contributed by atoms with Gasteiger partial charge in [-0.2, -0.15) is 0 Å². The number of carbonyl (C=O) groups is 1. The first kappa shape index (κ1) is 31.9. The van der Waals surface area contributed by atoms with Crippen LogP contribution in [0.1, 0.15) is 64.2 Å². The van der Waals surface area contributed by atoms with Crippen LogP contribution in [-0.4, -0.2) is 95.2 Å². The summed E-state index contributed by atoms with van der Waals surface area (Å²) in [5, 5.41) is 11.0.